The molecule has 0 aliphatic rings. The molecule has 76 valence electrons. The molecule has 3 heteroatoms. The number of rotatable bonds is 3. The van der Waals surface area contributed by atoms with Gasteiger partial charge in [-0.3, -0.25) is 4.79 Å². The molecule has 0 spiro atoms. The maximum absolute atomic E-state index is 11.2. The minimum absolute atomic E-state index is 0.0398. The highest BCUT2D eigenvalue weighted by Gasteiger charge is 2.15. The Kier molecular flexibility index (Phi) is 3.67. The molecule has 0 aliphatic heterocycles. The lowest BCUT2D eigenvalue weighted by Gasteiger charge is -2.14. The first-order valence-electron chi connectivity index (χ1n) is 4.61. The van der Waals surface area contributed by atoms with Gasteiger partial charge in [0.2, 0.25) is 0 Å². The fraction of sp³-hybridized carbons (Fsp3) is 0.364. The molecule has 1 unspecified atom stereocenters. The van der Waals surface area contributed by atoms with Gasteiger partial charge in [0.05, 0.1) is 6.04 Å². The second-order valence-corrected chi connectivity index (χ2v) is 3.66. The normalized spacial score (nSPS) is 12.6. The van der Waals surface area contributed by atoms with Gasteiger partial charge in [0.15, 0.2) is 5.78 Å². The SMILES string of the molecule is CCc1c(Cl)cccc1C(N)C(C)=O. The summed E-state index contributed by atoms with van der Waals surface area (Å²) in [6, 6.07) is 4.94. The molecule has 1 aromatic carbocycles. The molecule has 1 aromatic rings. The lowest BCUT2D eigenvalue weighted by Crippen LogP contribution is -2.20. The van der Waals surface area contributed by atoms with E-state index in [1.165, 1.54) is 6.92 Å². The largest absolute Gasteiger partial charge is 0.318 e. The second kappa shape index (κ2) is 4.58. The van der Waals surface area contributed by atoms with Crippen LogP contribution in [0.5, 0.6) is 0 Å². The number of benzene rings is 1. The molecule has 0 saturated carbocycles. The molecule has 0 radical (unpaired) electrons. The van der Waals surface area contributed by atoms with E-state index in [1.807, 2.05) is 25.1 Å². The standard InChI is InChI=1S/C11H14ClNO/c1-3-8-9(11(13)7(2)14)5-4-6-10(8)12/h4-6,11H,3,13H2,1-2H3. The van der Waals surface area contributed by atoms with Gasteiger partial charge in [-0.05, 0) is 30.5 Å². The molecular weight excluding hydrogens is 198 g/mol. The number of carbonyl (C=O) groups excluding carboxylic acids is 1. The van der Waals surface area contributed by atoms with Crippen LogP contribution in [0, 0.1) is 0 Å². The van der Waals surface area contributed by atoms with E-state index in [0.29, 0.717) is 5.02 Å². The first-order valence-corrected chi connectivity index (χ1v) is 4.99. The molecule has 0 fully saturated rings. The highest BCUT2D eigenvalue weighted by atomic mass is 35.5. The quantitative estimate of drug-likeness (QED) is 0.835. The van der Waals surface area contributed by atoms with Crippen molar-refractivity contribution in [2.24, 2.45) is 5.73 Å². The second-order valence-electron chi connectivity index (χ2n) is 3.25. The summed E-state index contributed by atoms with van der Waals surface area (Å²) in [5.41, 5.74) is 7.58. The Morgan fingerprint density at radius 2 is 2.21 bits per heavy atom. The smallest absolute Gasteiger partial charge is 0.150 e. The number of carbonyl (C=O) groups is 1. The first-order chi connectivity index (χ1) is 6.57. The van der Waals surface area contributed by atoms with E-state index in [9.17, 15) is 4.79 Å². The molecule has 14 heavy (non-hydrogen) atoms. The third-order valence-electron chi connectivity index (χ3n) is 2.28. The number of ketones is 1. The molecule has 0 aromatic heterocycles. The first kappa shape index (κ1) is 11.2. The molecule has 0 saturated heterocycles. The lowest BCUT2D eigenvalue weighted by molar-refractivity contribution is -0.118. The molecule has 0 aliphatic carbocycles. The van der Waals surface area contributed by atoms with Crippen molar-refractivity contribution in [3.05, 3.63) is 34.3 Å². The van der Waals surface area contributed by atoms with Crippen LogP contribution in [0.2, 0.25) is 5.02 Å². The maximum atomic E-state index is 11.2. The zero-order valence-electron chi connectivity index (χ0n) is 8.38. The molecule has 0 heterocycles. The average Bonchev–Trinajstić information content (AvgIpc) is 2.16. The minimum atomic E-state index is -0.552. The fourth-order valence-electron chi connectivity index (χ4n) is 1.46. The third kappa shape index (κ3) is 2.14. The summed E-state index contributed by atoms with van der Waals surface area (Å²) >= 11 is 6.01. The van der Waals surface area contributed by atoms with Crippen LogP contribution < -0.4 is 5.73 Å². The Morgan fingerprint density at radius 1 is 1.57 bits per heavy atom. The van der Waals surface area contributed by atoms with Gasteiger partial charge in [0.25, 0.3) is 0 Å². The monoisotopic (exact) mass is 211 g/mol. The van der Waals surface area contributed by atoms with Gasteiger partial charge in [0, 0.05) is 5.02 Å². The summed E-state index contributed by atoms with van der Waals surface area (Å²) in [7, 11) is 0. The van der Waals surface area contributed by atoms with Crippen LogP contribution in [-0.4, -0.2) is 5.78 Å². The summed E-state index contributed by atoms with van der Waals surface area (Å²) < 4.78 is 0. The van der Waals surface area contributed by atoms with Gasteiger partial charge < -0.3 is 5.73 Å². The topological polar surface area (TPSA) is 43.1 Å². The Labute approximate surface area is 89.1 Å². The van der Waals surface area contributed by atoms with E-state index in [0.717, 1.165) is 17.5 Å². The van der Waals surface area contributed by atoms with Crippen molar-refractivity contribution in [1.82, 2.24) is 0 Å². The summed E-state index contributed by atoms with van der Waals surface area (Å²) in [6.07, 6.45) is 0.788. The van der Waals surface area contributed by atoms with E-state index >= 15 is 0 Å². The van der Waals surface area contributed by atoms with Gasteiger partial charge in [0.1, 0.15) is 0 Å². The molecule has 1 rings (SSSR count). The zero-order chi connectivity index (χ0) is 10.7. The Bertz CT molecular complexity index is 349. The van der Waals surface area contributed by atoms with E-state index in [2.05, 4.69) is 0 Å². The van der Waals surface area contributed by atoms with Gasteiger partial charge in [-0.2, -0.15) is 0 Å². The Hall–Kier alpha value is -0.860. The molecule has 0 amide bonds. The Morgan fingerprint density at radius 3 is 2.71 bits per heavy atom. The van der Waals surface area contributed by atoms with Crippen molar-refractivity contribution in [2.45, 2.75) is 26.3 Å². The summed E-state index contributed by atoms with van der Waals surface area (Å²) in [5.74, 6) is -0.0398. The van der Waals surface area contributed by atoms with Crippen molar-refractivity contribution >= 4 is 17.4 Å². The molecule has 1 atom stereocenters. The predicted octanol–water partition coefficient (Wildman–Crippen LogP) is 2.49. The lowest BCUT2D eigenvalue weighted by atomic mass is 9.97. The summed E-state index contributed by atoms with van der Waals surface area (Å²) in [4.78, 5) is 11.2. The van der Waals surface area contributed by atoms with E-state index in [-0.39, 0.29) is 5.78 Å². The maximum Gasteiger partial charge on any atom is 0.150 e. The van der Waals surface area contributed by atoms with Crippen molar-refractivity contribution in [3.63, 3.8) is 0 Å². The van der Waals surface area contributed by atoms with E-state index in [1.54, 1.807) is 0 Å². The molecule has 2 N–H and O–H groups in total. The van der Waals surface area contributed by atoms with E-state index in [4.69, 9.17) is 17.3 Å². The number of hydrogen-bond donors (Lipinski definition) is 1. The molecule has 2 nitrogen and oxygen atoms in total. The van der Waals surface area contributed by atoms with Crippen LogP contribution in [0.25, 0.3) is 0 Å². The fourth-order valence-corrected chi connectivity index (χ4v) is 1.77. The van der Waals surface area contributed by atoms with Crippen LogP contribution >= 0.6 is 11.6 Å². The summed E-state index contributed by atoms with van der Waals surface area (Å²) in [5, 5.41) is 0.682. The van der Waals surface area contributed by atoms with Crippen molar-refractivity contribution < 1.29 is 4.79 Å². The van der Waals surface area contributed by atoms with Crippen LogP contribution in [0.1, 0.15) is 31.0 Å². The van der Waals surface area contributed by atoms with Gasteiger partial charge in [-0.25, -0.2) is 0 Å². The van der Waals surface area contributed by atoms with Crippen molar-refractivity contribution in [1.29, 1.82) is 0 Å². The highest BCUT2D eigenvalue weighted by Crippen LogP contribution is 2.24. The Balaban J connectivity index is 3.20. The third-order valence-corrected chi connectivity index (χ3v) is 2.64. The zero-order valence-corrected chi connectivity index (χ0v) is 9.14. The molecular formula is C11H14ClNO. The number of halogens is 1. The van der Waals surface area contributed by atoms with Crippen LogP contribution in [0.15, 0.2) is 18.2 Å². The predicted molar refractivity (Wildman–Crippen MR) is 58.4 cm³/mol. The highest BCUT2D eigenvalue weighted by molar-refractivity contribution is 6.31. The number of nitrogens with two attached hydrogens (primary N) is 1. The minimum Gasteiger partial charge on any atom is -0.318 e. The summed E-state index contributed by atoms with van der Waals surface area (Å²) in [6.45, 7) is 3.49. The van der Waals surface area contributed by atoms with Crippen molar-refractivity contribution in [3.8, 4) is 0 Å². The van der Waals surface area contributed by atoms with Crippen LogP contribution in [-0.2, 0) is 11.2 Å². The van der Waals surface area contributed by atoms with Crippen LogP contribution in [0.3, 0.4) is 0 Å². The van der Waals surface area contributed by atoms with Gasteiger partial charge in [-0.1, -0.05) is 30.7 Å². The van der Waals surface area contributed by atoms with Gasteiger partial charge >= 0.3 is 0 Å². The number of Topliss-reactive ketones (excluding diaryl/α,β-unsaturated/α-hetero) is 1. The number of hydrogen-bond acceptors (Lipinski definition) is 2. The van der Waals surface area contributed by atoms with Crippen LogP contribution in [0.4, 0.5) is 0 Å². The average molecular weight is 212 g/mol. The van der Waals surface area contributed by atoms with E-state index < -0.39 is 6.04 Å². The molecule has 0 bridgehead atoms. The van der Waals surface area contributed by atoms with Gasteiger partial charge in [-0.15, -0.1) is 0 Å². The van der Waals surface area contributed by atoms with Crippen molar-refractivity contribution in [2.75, 3.05) is 0 Å².